The fourth-order valence-corrected chi connectivity index (χ4v) is 2.48. The fraction of sp³-hybridized carbons (Fsp3) is 0.222. The van der Waals surface area contributed by atoms with Gasteiger partial charge in [-0.15, -0.1) is 0 Å². The molecular weight excluding hydrogens is 310 g/mol. The number of rotatable bonds is 5. The highest BCUT2D eigenvalue weighted by Gasteiger charge is 2.10. The summed E-state index contributed by atoms with van der Waals surface area (Å²) in [6.45, 7) is 2.08. The molecule has 1 heterocycles. The molecule has 0 N–H and O–H groups in total. The molecule has 0 aliphatic rings. The molecule has 24 heavy (non-hydrogen) atoms. The zero-order valence-corrected chi connectivity index (χ0v) is 13.7. The largest absolute Gasteiger partial charge is 0.497 e. The third kappa shape index (κ3) is 3.03. The van der Waals surface area contributed by atoms with Gasteiger partial charge in [0.2, 0.25) is 0 Å². The number of methoxy groups -OCH3 is 1. The number of benzene rings is 2. The Morgan fingerprint density at radius 2 is 1.79 bits per heavy atom. The summed E-state index contributed by atoms with van der Waals surface area (Å²) in [5.41, 5.74) is 0.756. The Bertz CT molecular complexity index is 974. The Morgan fingerprint density at radius 3 is 2.54 bits per heavy atom. The molecular formula is C18H17NO5. The van der Waals surface area contributed by atoms with Gasteiger partial charge in [0.1, 0.15) is 30.8 Å². The molecule has 0 aliphatic heterocycles. The minimum atomic E-state index is -0.411. The maximum absolute atomic E-state index is 12.2. The van der Waals surface area contributed by atoms with E-state index in [2.05, 4.69) is 9.99 Å². The highest BCUT2D eigenvalue weighted by atomic mass is 16.6. The van der Waals surface area contributed by atoms with Crippen molar-refractivity contribution in [2.75, 3.05) is 20.8 Å². The van der Waals surface area contributed by atoms with Crippen LogP contribution in [-0.2, 0) is 4.84 Å². The van der Waals surface area contributed by atoms with Crippen LogP contribution >= 0.6 is 0 Å². The van der Waals surface area contributed by atoms with Gasteiger partial charge in [0.15, 0.2) is 0 Å². The van der Waals surface area contributed by atoms with Crippen LogP contribution in [0.25, 0.3) is 21.7 Å². The van der Waals surface area contributed by atoms with Crippen LogP contribution in [0.15, 0.2) is 50.8 Å². The van der Waals surface area contributed by atoms with Crippen LogP contribution < -0.4 is 15.1 Å². The lowest BCUT2D eigenvalue weighted by molar-refractivity contribution is 0.209. The van der Waals surface area contributed by atoms with Crippen LogP contribution in [-0.4, -0.2) is 26.5 Å². The SMILES string of the molecule is CO/N=C(/C)COc1ccc2c(c1)oc(=O)c1cc(OC)ccc12. The lowest BCUT2D eigenvalue weighted by Gasteiger charge is -2.08. The first-order chi connectivity index (χ1) is 11.6. The van der Waals surface area contributed by atoms with Crippen LogP contribution in [0.1, 0.15) is 6.92 Å². The fourth-order valence-electron chi connectivity index (χ4n) is 2.48. The molecule has 0 spiro atoms. The molecule has 0 aliphatic carbocycles. The van der Waals surface area contributed by atoms with Crippen molar-refractivity contribution in [1.82, 2.24) is 0 Å². The van der Waals surface area contributed by atoms with Gasteiger partial charge in [0, 0.05) is 16.8 Å². The number of hydrogen-bond donors (Lipinski definition) is 0. The molecule has 0 bridgehead atoms. The molecule has 0 fully saturated rings. The molecule has 0 radical (unpaired) electrons. The van der Waals surface area contributed by atoms with Gasteiger partial charge in [-0.1, -0.05) is 5.16 Å². The normalized spacial score (nSPS) is 11.7. The van der Waals surface area contributed by atoms with Gasteiger partial charge in [0.05, 0.1) is 18.2 Å². The molecule has 0 unspecified atom stereocenters. The molecule has 2 aromatic carbocycles. The quantitative estimate of drug-likeness (QED) is 0.311. The molecule has 3 rings (SSSR count). The van der Waals surface area contributed by atoms with Gasteiger partial charge in [-0.05, 0) is 37.3 Å². The number of fused-ring (bicyclic) bond motifs is 3. The minimum absolute atomic E-state index is 0.286. The van der Waals surface area contributed by atoms with E-state index in [1.54, 1.807) is 26.2 Å². The van der Waals surface area contributed by atoms with Crippen molar-refractivity contribution in [3.63, 3.8) is 0 Å². The summed E-state index contributed by atoms with van der Waals surface area (Å²) in [6, 6.07) is 10.7. The molecule has 0 saturated carbocycles. The second-order valence-corrected chi connectivity index (χ2v) is 5.26. The first-order valence-electron chi connectivity index (χ1n) is 7.36. The molecule has 0 amide bonds. The molecule has 3 aromatic rings. The van der Waals surface area contributed by atoms with E-state index in [9.17, 15) is 4.79 Å². The van der Waals surface area contributed by atoms with Gasteiger partial charge >= 0.3 is 5.63 Å². The van der Waals surface area contributed by atoms with Crippen LogP contribution in [0.2, 0.25) is 0 Å². The third-order valence-electron chi connectivity index (χ3n) is 3.59. The van der Waals surface area contributed by atoms with Gasteiger partial charge in [-0.2, -0.15) is 0 Å². The average molecular weight is 327 g/mol. The Labute approximate surface area is 138 Å². The van der Waals surface area contributed by atoms with E-state index in [4.69, 9.17) is 13.9 Å². The second-order valence-electron chi connectivity index (χ2n) is 5.26. The van der Waals surface area contributed by atoms with E-state index in [0.717, 1.165) is 10.8 Å². The van der Waals surface area contributed by atoms with Crippen molar-refractivity contribution < 1.29 is 18.7 Å². The van der Waals surface area contributed by atoms with E-state index in [1.807, 2.05) is 24.3 Å². The summed E-state index contributed by atoms with van der Waals surface area (Å²) < 4.78 is 16.2. The van der Waals surface area contributed by atoms with Crippen LogP contribution in [0.3, 0.4) is 0 Å². The van der Waals surface area contributed by atoms with Crippen molar-refractivity contribution >= 4 is 27.5 Å². The highest BCUT2D eigenvalue weighted by molar-refractivity contribution is 6.04. The van der Waals surface area contributed by atoms with Crippen molar-refractivity contribution in [2.45, 2.75) is 6.92 Å². The van der Waals surface area contributed by atoms with E-state index in [0.29, 0.717) is 28.2 Å². The number of hydrogen-bond acceptors (Lipinski definition) is 6. The van der Waals surface area contributed by atoms with Crippen molar-refractivity contribution in [1.29, 1.82) is 0 Å². The summed E-state index contributed by atoms with van der Waals surface area (Å²) in [6.07, 6.45) is 0. The van der Waals surface area contributed by atoms with E-state index < -0.39 is 5.63 Å². The van der Waals surface area contributed by atoms with Crippen molar-refractivity contribution in [3.8, 4) is 11.5 Å². The average Bonchev–Trinajstić information content (AvgIpc) is 2.60. The number of oxime groups is 1. The maximum Gasteiger partial charge on any atom is 0.344 e. The Balaban J connectivity index is 2.03. The minimum Gasteiger partial charge on any atom is -0.497 e. The van der Waals surface area contributed by atoms with Crippen molar-refractivity contribution in [2.24, 2.45) is 5.16 Å². The van der Waals surface area contributed by atoms with Crippen LogP contribution in [0.4, 0.5) is 0 Å². The number of nitrogens with zero attached hydrogens (tertiary/aromatic N) is 1. The second kappa shape index (κ2) is 6.62. The van der Waals surface area contributed by atoms with E-state index in [-0.39, 0.29) is 6.61 Å². The summed E-state index contributed by atoms with van der Waals surface area (Å²) in [5, 5.41) is 5.91. The molecule has 0 saturated heterocycles. The lowest BCUT2D eigenvalue weighted by Crippen LogP contribution is -2.08. The molecule has 6 heteroatoms. The Morgan fingerprint density at radius 1 is 1.04 bits per heavy atom. The van der Waals surface area contributed by atoms with E-state index >= 15 is 0 Å². The standard InChI is InChI=1S/C18H17NO5/c1-11(19-22-3)10-23-13-5-7-15-14-6-4-12(21-2)8-16(14)18(20)24-17(15)9-13/h4-9H,10H2,1-3H3/b19-11-. The van der Waals surface area contributed by atoms with Crippen LogP contribution in [0, 0.1) is 0 Å². The summed E-state index contributed by atoms with van der Waals surface area (Å²) in [7, 11) is 3.04. The van der Waals surface area contributed by atoms with Gasteiger partial charge in [-0.25, -0.2) is 4.79 Å². The van der Waals surface area contributed by atoms with Gasteiger partial charge in [0.25, 0.3) is 0 Å². The zero-order chi connectivity index (χ0) is 17.1. The smallest absolute Gasteiger partial charge is 0.344 e. The van der Waals surface area contributed by atoms with Crippen LogP contribution in [0.5, 0.6) is 11.5 Å². The van der Waals surface area contributed by atoms with Gasteiger partial charge < -0.3 is 18.7 Å². The first kappa shape index (κ1) is 15.9. The monoisotopic (exact) mass is 327 g/mol. The van der Waals surface area contributed by atoms with E-state index in [1.165, 1.54) is 7.11 Å². The third-order valence-corrected chi connectivity index (χ3v) is 3.59. The predicted octanol–water partition coefficient (Wildman–Crippen LogP) is 3.36. The zero-order valence-electron chi connectivity index (χ0n) is 13.7. The maximum atomic E-state index is 12.2. The molecule has 1 aromatic heterocycles. The number of ether oxygens (including phenoxy) is 2. The summed E-state index contributed by atoms with van der Waals surface area (Å²) in [5.74, 6) is 1.20. The summed E-state index contributed by atoms with van der Waals surface area (Å²) in [4.78, 5) is 16.9. The van der Waals surface area contributed by atoms with Gasteiger partial charge in [-0.3, -0.25) is 0 Å². The van der Waals surface area contributed by atoms with Crippen molar-refractivity contribution in [3.05, 3.63) is 46.8 Å². The highest BCUT2D eigenvalue weighted by Crippen LogP contribution is 2.28. The predicted molar refractivity (Wildman–Crippen MR) is 92.2 cm³/mol. The topological polar surface area (TPSA) is 70.3 Å². The Kier molecular flexibility index (Phi) is 4.37. The molecule has 124 valence electrons. The lowest BCUT2D eigenvalue weighted by atomic mass is 10.1. The Hall–Kier alpha value is -3.02. The summed E-state index contributed by atoms with van der Waals surface area (Å²) >= 11 is 0. The first-order valence-corrected chi connectivity index (χ1v) is 7.36. The molecule has 6 nitrogen and oxygen atoms in total. The molecule has 0 atom stereocenters.